The molecule has 2 aromatic carbocycles. The second-order valence-electron chi connectivity index (χ2n) is 4.35. The first kappa shape index (κ1) is 12.5. The maximum absolute atomic E-state index is 6.14. The number of anilines is 1. The molecular formula is C14H11BrClN3. The number of halogens is 2. The number of rotatable bonds is 1. The summed E-state index contributed by atoms with van der Waals surface area (Å²) in [6.07, 6.45) is 0. The third-order valence-corrected chi connectivity index (χ3v) is 4.31. The summed E-state index contributed by atoms with van der Waals surface area (Å²) in [4.78, 5) is 4.43. The van der Waals surface area contributed by atoms with Gasteiger partial charge in [-0.05, 0) is 52.7 Å². The molecule has 0 unspecified atom stereocenters. The Labute approximate surface area is 124 Å². The standard InChI is InChI=1S/C14H11BrClN3/c1-8-3-2-4-12-13(8)18-14(17)19(12)9-5-6-10(15)11(16)7-9/h2-7H,1H3,(H2,17,18). The third-order valence-electron chi connectivity index (χ3n) is 3.07. The molecule has 0 aliphatic heterocycles. The lowest BCUT2D eigenvalue weighted by Crippen LogP contribution is -2.00. The number of aromatic nitrogens is 2. The van der Waals surface area contributed by atoms with Gasteiger partial charge in [-0.25, -0.2) is 4.98 Å². The Hall–Kier alpha value is -1.52. The van der Waals surface area contributed by atoms with Crippen molar-refractivity contribution in [3.8, 4) is 5.69 Å². The number of imidazole rings is 1. The quantitative estimate of drug-likeness (QED) is 0.718. The predicted molar refractivity (Wildman–Crippen MR) is 82.9 cm³/mol. The van der Waals surface area contributed by atoms with Crippen LogP contribution in [0, 0.1) is 6.92 Å². The summed E-state index contributed by atoms with van der Waals surface area (Å²) in [7, 11) is 0. The molecule has 96 valence electrons. The Kier molecular flexibility index (Phi) is 2.99. The molecule has 0 radical (unpaired) electrons. The highest BCUT2D eigenvalue weighted by Gasteiger charge is 2.12. The van der Waals surface area contributed by atoms with E-state index in [0.717, 1.165) is 26.8 Å². The van der Waals surface area contributed by atoms with Gasteiger partial charge in [-0.3, -0.25) is 4.57 Å². The highest BCUT2D eigenvalue weighted by Crippen LogP contribution is 2.29. The van der Waals surface area contributed by atoms with Crippen molar-refractivity contribution in [3.05, 3.63) is 51.5 Å². The van der Waals surface area contributed by atoms with Crippen LogP contribution in [0.3, 0.4) is 0 Å². The summed E-state index contributed by atoms with van der Waals surface area (Å²) in [6, 6.07) is 11.7. The minimum absolute atomic E-state index is 0.461. The molecule has 3 rings (SSSR count). The smallest absolute Gasteiger partial charge is 0.205 e. The first-order chi connectivity index (χ1) is 9.08. The zero-order valence-corrected chi connectivity index (χ0v) is 12.5. The fraction of sp³-hybridized carbons (Fsp3) is 0.0714. The number of fused-ring (bicyclic) bond motifs is 1. The SMILES string of the molecule is Cc1cccc2c1nc(N)n2-c1ccc(Br)c(Cl)c1. The average Bonchev–Trinajstić information content (AvgIpc) is 2.71. The van der Waals surface area contributed by atoms with E-state index in [4.69, 9.17) is 17.3 Å². The molecule has 0 atom stereocenters. The van der Waals surface area contributed by atoms with E-state index in [1.807, 2.05) is 47.9 Å². The third kappa shape index (κ3) is 2.01. The number of nitrogens with zero attached hydrogens (tertiary/aromatic N) is 2. The van der Waals surface area contributed by atoms with Crippen LogP contribution in [0.2, 0.25) is 5.02 Å². The fourth-order valence-corrected chi connectivity index (χ4v) is 2.57. The zero-order chi connectivity index (χ0) is 13.6. The molecule has 19 heavy (non-hydrogen) atoms. The molecule has 1 heterocycles. The molecule has 0 amide bonds. The minimum Gasteiger partial charge on any atom is -0.369 e. The van der Waals surface area contributed by atoms with Crippen molar-refractivity contribution in [2.45, 2.75) is 6.92 Å². The molecule has 3 nitrogen and oxygen atoms in total. The molecule has 0 aliphatic carbocycles. The van der Waals surface area contributed by atoms with Gasteiger partial charge in [-0.1, -0.05) is 23.7 Å². The van der Waals surface area contributed by atoms with Crippen molar-refractivity contribution in [2.75, 3.05) is 5.73 Å². The van der Waals surface area contributed by atoms with Crippen LogP contribution in [0.1, 0.15) is 5.56 Å². The van der Waals surface area contributed by atoms with E-state index in [1.165, 1.54) is 0 Å². The number of hydrogen-bond donors (Lipinski definition) is 1. The lowest BCUT2D eigenvalue weighted by molar-refractivity contribution is 1.11. The van der Waals surface area contributed by atoms with Gasteiger partial charge in [-0.2, -0.15) is 0 Å². The van der Waals surface area contributed by atoms with Gasteiger partial charge in [0.15, 0.2) is 0 Å². The van der Waals surface area contributed by atoms with Gasteiger partial charge in [0.25, 0.3) is 0 Å². The highest BCUT2D eigenvalue weighted by atomic mass is 79.9. The van der Waals surface area contributed by atoms with E-state index >= 15 is 0 Å². The van der Waals surface area contributed by atoms with Gasteiger partial charge < -0.3 is 5.73 Å². The van der Waals surface area contributed by atoms with Gasteiger partial charge >= 0.3 is 0 Å². The van der Waals surface area contributed by atoms with Crippen LogP contribution in [0.4, 0.5) is 5.95 Å². The molecule has 0 aliphatic rings. The molecule has 3 aromatic rings. The molecular weight excluding hydrogens is 326 g/mol. The molecule has 0 saturated carbocycles. The summed E-state index contributed by atoms with van der Waals surface area (Å²) >= 11 is 9.53. The Bertz CT molecular complexity index is 780. The summed E-state index contributed by atoms with van der Waals surface area (Å²) < 4.78 is 2.76. The fourth-order valence-electron chi connectivity index (χ4n) is 2.15. The molecule has 0 bridgehead atoms. The van der Waals surface area contributed by atoms with Crippen molar-refractivity contribution >= 4 is 44.5 Å². The lowest BCUT2D eigenvalue weighted by atomic mass is 10.2. The first-order valence-corrected chi connectivity index (χ1v) is 6.94. The maximum atomic E-state index is 6.14. The molecule has 0 spiro atoms. The van der Waals surface area contributed by atoms with Crippen molar-refractivity contribution in [3.63, 3.8) is 0 Å². The summed E-state index contributed by atoms with van der Waals surface area (Å²) in [5.74, 6) is 0.461. The van der Waals surface area contributed by atoms with Gasteiger partial charge in [0.2, 0.25) is 5.95 Å². The van der Waals surface area contributed by atoms with Crippen LogP contribution in [-0.4, -0.2) is 9.55 Å². The average molecular weight is 337 g/mol. The monoisotopic (exact) mass is 335 g/mol. The topological polar surface area (TPSA) is 43.8 Å². The van der Waals surface area contributed by atoms with Crippen LogP contribution < -0.4 is 5.73 Å². The summed E-state index contributed by atoms with van der Waals surface area (Å²) in [6.45, 7) is 2.02. The van der Waals surface area contributed by atoms with Gasteiger partial charge in [0.1, 0.15) is 0 Å². The van der Waals surface area contributed by atoms with Crippen LogP contribution in [-0.2, 0) is 0 Å². The molecule has 0 saturated heterocycles. The Morgan fingerprint density at radius 2 is 2.05 bits per heavy atom. The lowest BCUT2D eigenvalue weighted by Gasteiger charge is -2.08. The van der Waals surface area contributed by atoms with Crippen LogP contribution in [0.25, 0.3) is 16.7 Å². The highest BCUT2D eigenvalue weighted by molar-refractivity contribution is 9.10. The molecule has 0 fully saturated rings. The largest absolute Gasteiger partial charge is 0.369 e. The molecule has 1 aromatic heterocycles. The Morgan fingerprint density at radius 3 is 2.79 bits per heavy atom. The number of para-hydroxylation sites is 1. The number of nitrogens with two attached hydrogens (primary N) is 1. The predicted octanol–water partition coefficient (Wildman–Crippen LogP) is 4.33. The second kappa shape index (κ2) is 4.54. The van der Waals surface area contributed by atoms with E-state index < -0.39 is 0 Å². The molecule has 5 heteroatoms. The van der Waals surface area contributed by atoms with E-state index in [2.05, 4.69) is 20.9 Å². The second-order valence-corrected chi connectivity index (χ2v) is 5.61. The molecule has 2 N–H and O–H groups in total. The first-order valence-electron chi connectivity index (χ1n) is 5.77. The minimum atomic E-state index is 0.461. The van der Waals surface area contributed by atoms with E-state index in [-0.39, 0.29) is 0 Å². The van der Waals surface area contributed by atoms with Crippen molar-refractivity contribution in [1.29, 1.82) is 0 Å². The van der Waals surface area contributed by atoms with Crippen molar-refractivity contribution in [2.24, 2.45) is 0 Å². The number of hydrogen-bond acceptors (Lipinski definition) is 2. The van der Waals surface area contributed by atoms with Crippen molar-refractivity contribution < 1.29 is 0 Å². The zero-order valence-electron chi connectivity index (χ0n) is 10.2. The number of aryl methyl sites for hydroxylation is 1. The van der Waals surface area contributed by atoms with E-state index in [9.17, 15) is 0 Å². The van der Waals surface area contributed by atoms with Crippen LogP contribution >= 0.6 is 27.5 Å². The van der Waals surface area contributed by atoms with Gasteiger partial charge in [0.05, 0.1) is 21.7 Å². The van der Waals surface area contributed by atoms with Crippen molar-refractivity contribution in [1.82, 2.24) is 9.55 Å². The maximum Gasteiger partial charge on any atom is 0.205 e. The van der Waals surface area contributed by atoms with E-state index in [0.29, 0.717) is 11.0 Å². The van der Waals surface area contributed by atoms with Crippen LogP contribution in [0.15, 0.2) is 40.9 Å². The van der Waals surface area contributed by atoms with Gasteiger partial charge in [-0.15, -0.1) is 0 Å². The van der Waals surface area contributed by atoms with Crippen LogP contribution in [0.5, 0.6) is 0 Å². The summed E-state index contributed by atoms with van der Waals surface area (Å²) in [5.41, 5.74) is 9.94. The van der Waals surface area contributed by atoms with E-state index in [1.54, 1.807) is 0 Å². The Balaban J connectivity index is 2.33. The number of benzene rings is 2. The number of nitrogen functional groups attached to an aromatic ring is 1. The summed E-state index contributed by atoms with van der Waals surface area (Å²) in [5, 5.41) is 0.645. The van der Waals surface area contributed by atoms with Gasteiger partial charge in [0, 0.05) is 4.47 Å². The normalized spacial score (nSPS) is 11.1. The Morgan fingerprint density at radius 1 is 1.26 bits per heavy atom.